The van der Waals surface area contributed by atoms with Crippen molar-refractivity contribution in [3.05, 3.63) is 28.8 Å². The lowest BCUT2D eigenvalue weighted by molar-refractivity contribution is -0.140. The molecule has 3 saturated heterocycles. The highest BCUT2D eigenvalue weighted by Gasteiger charge is 2.43. The lowest BCUT2D eigenvalue weighted by Crippen LogP contribution is -2.39. The molecule has 0 spiro atoms. The fourth-order valence-corrected chi connectivity index (χ4v) is 4.85. The maximum atomic E-state index is 12.5. The molecule has 3 aliphatic heterocycles. The molecule has 3 atom stereocenters. The fourth-order valence-electron chi connectivity index (χ4n) is 4.67. The van der Waals surface area contributed by atoms with Gasteiger partial charge in [0.2, 0.25) is 0 Å². The molecule has 3 aliphatic rings. The van der Waals surface area contributed by atoms with Gasteiger partial charge < -0.3 is 19.9 Å². The number of nitrogens with zero attached hydrogens (tertiary/aromatic N) is 2. The molecule has 3 fully saturated rings. The number of nitrogens with one attached hydrogen (secondary N) is 1. The number of aryl methyl sites for hydroxylation is 1. The number of halogens is 1. The molecule has 0 aliphatic carbocycles. The SMILES string of the molecule is Cc1ccc(NCCCN2CC3CN(C(=O)C4CCCO4)CC3C2)cc1Cl. The van der Waals surface area contributed by atoms with Crippen molar-refractivity contribution in [3.8, 4) is 0 Å². The summed E-state index contributed by atoms with van der Waals surface area (Å²) >= 11 is 6.18. The summed E-state index contributed by atoms with van der Waals surface area (Å²) in [6, 6.07) is 6.13. The third-order valence-electron chi connectivity index (χ3n) is 6.23. The van der Waals surface area contributed by atoms with Crippen LogP contribution in [0.4, 0.5) is 5.69 Å². The van der Waals surface area contributed by atoms with Crippen molar-refractivity contribution in [1.29, 1.82) is 0 Å². The van der Waals surface area contributed by atoms with E-state index in [0.29, 0.717) is 11.8 Å². The Labute approximate surface area is 167 Å². The smallest absolute Gasteiger partial charge is 0.251 e. The van der Waals surface area contributed by atoms with Gasteiger partial charge in [0.05, 0.1) is 0 Å². The molecule has 1 aromatic carbocycles. The maximum absolute atomic E-state index is 12.5. The summed E-state index contributed by atoms with van der Waals surface area (Å²) in [5.41, 5.74) is 2.20. The number of rotatable bonds is 6. The van der Waals surface area contributed by atoms with Crippen LogP contribution in [0.5, 0.6) is 0 Å². The second-order valence-electron chi connectivity index (χ2n) is 8.27. The minimum Gasteiger partial charge on any atom is -0.385 e. The number of carbonyl (C=O) groups is 1. The maximum Gasteiger partial charge on any atom is 0.251 e. The van der Waals surface area contributed by atoms with E-state index in [1.165, 1.54) is 0 Å². The highest BCUT2D eigenvalue weighted by molar-refractivity contribution is 6.31. The van der Waals surface area contributed by atoms with Crippen LogP contribution in [0.25, 0.3) is 0 Å². The van der Waals surface area contributed by atoms with Gasteiger partial charge in [0, 0.05) is 50.0 Å². The fraction of sp³-hybridized carbons (Fsp3) is 0.667. The van der Waals surface area contributed by atoms with Crippen LogP contribution >= 0.6 is 11.6 Å². The van der Waals surface area contributed by atoms with Crippen LogP contribution in [0.2, 0.25) is 5.02 Å². The first-order valence-corrected chi connectivity index (χ1v) is 10.6. The highest BCUT2D eigenvalue weighted by Crippen LogP contribution is 2.32. The molecule has 4 rings (SSSR count). The average molecular weight is 392 g/mol. The molecule has 0 bridgehead atoms. The quantitative estimate of drug-likeness (QED) is 0.757. The number of ether oxygens (including phenoxy) is 1. The van der Waals surface area contributed by atoms with E-state index >= 15 is 0 Å². The molecule has 6 heteroatoms. The van der Waals surface area contributed by atoms with Crippen molar-refractivity contribution < 1.29 is 9.53 Å². The summed E-state index contributed by atoms with van der Waals surface area (Å²) in [7, 11) is 0. The lowest BCUT2D eigenvalue weighted by atomic mass is 10.0. The number of benzene rings is 1. The monoisotopic (exact) mass is 391 g/mol. The Balaban J connectivity index is 1.16. The van der Waals surface area contributed by atoms with Gasteiger partial charge in [0.15, 0.2) is 0 Å². The summed E-state index contributed by atoms with van der Waals surface area (Å²) in [4.78, 5) is 17.1. The van der Waals surface area contributed by atoms with Gasteiger partial charge in [-0.3, -0.25) is 4.79 Å². The molecule has 0 saturated carbocycles. The molecule has 3 unspecified atom stereocenters. The van der Waals surface area contributed by atoms with E-state index in [0.717, 1.165) is 81.4 Å². The molecule has 0 aromatic heterocycles. The van der Waals surface area contributed by atoms with E-state index in [2.05, 4.69) is 27.2 Å². The highest BCUT2D eigenvalue weighted by atomic mass is 35.5. The first-order valence-electron chi connectivity index (χ1n) is 10.2. The van der Waals surface area contributed by atoms with Crippen LogP contribution in [0.3, 0.4) is 0 Å². The molecular weight excluding hydrogens is 362 g/mol. The normalized spacial score (nSPS) is 27.9. The Kier molecular flexibility index (Phi) is 5.90. The van der Waals surface area contributed by atoms with Crippen molar-refractivity contribution >= 4 is 23.2 Å². The minimum absolute atomic E-state index is 0.165. The number of hydrogen-bond acceptors (Lipinski definition) is 4. The molecule has 3 heterocycles. The molecule has 148 valence electrons. The Morgan fingerprint density at radius 1 is 1.26 bits per heavy atom. The van der Waals surface area contributed by atoms with Gasteiger partial charge in [0.25, 0.3) is 5.91 Å². The Bertz CT molecular complexity index is 663. The zero-order valence-corrected chi connectivity index (χ0v) is 16.9. The largest absolute Gasteiger partial charge is 0.385 e. The van der Waals surface area contributed by atoms with E-state index in [1.807, 2.05) is 13.0 Å². The topological polar surface area (TPSA) is 44.8 Å². The average Bonchev–Trinajstić information content (AvgIpc) is 3.37. The number of likely N-dealkylation sites (tertiary alicyclic amines) is 2. The Morgan fingerprint density at radius 3 is 2.70 bits per heavy atom. The van der Waals surface area contributed by atoms with Crippen LogP contribution in [0.15, 0.2) is 18.2 Å². The van der Waals surface area contributed by atoms with Crippen molar-refractivity contribution in [2.24, 2.45) is 11.8 Å². The first kappa shape index (κ1) is 19.0. The van der Waals surface area contributed by atoms with E-state index in [-0.39, 0.29) is 12.0 Å². The Hall–Kier alpha value is -1.30. The standard InChI is InChI=1S/C21H30ClN3O2/c1-15-5-6-18(10-19(15)22)23-7-3-8-24-11-16-13-25(14-17(16)12-24)21(26)20-4-2-9-27-20/h5-6,10,16-17,20,23H,2-4,7-9,11-14H2,1H3. The van der Waals surface area contributed by atoms with E-state index in [9.17, 15) is 4.79 Å². The number of amides is 1. The molecule has 1 amide bonds. The number of carbonyl (C=O) groups excluding carboxylic acids is 1. The zero-order valence-electron chi connectivity index (χ0n) is 16.1. The van der Waals surface area contributed by atoms with Gasteiger partial charge in [0.1, 0.15) is 6.10 Å². The van der Waals surface area contributed by atoms with Gasteiger partial charge >= 0.3 is 0 Å². The molecule has 5 nitrogen and oxygen atoms in total. The summed E-state index contributed by atoms with van der Waals surface area (Å²) in [5, 5.41) is 4.28. The van der Waals surface area contributed by atoms with Crippen LogP contribution in [0, 0.1) is 18.8 Å². The van der Waals surface area contributed by atoms with Crippen molar-refractivity contribution in [2.75, 3.05) is 51.2 Å². The van der Waals surface area contributed by atoms with Crippen molar-refractivity contribution in [1.82, 2.24) is 9.80 Å². The van der Waals surface area contributed by atoms with Crippen LogP contribution in [-0.2, 0) is 9.53 Å². The molecular formula is C21H30ClN3O2. The van der Waals surface area contributed by atoms with Crippen LogP contribution in [0.1, 0.15) is 24.8 Å². The van der Waals surface area contributed by atoms with E-state index in [1.54, 1.807) is 0 Å². The predicted octanol–water partition coefficient (Wildman–Crippen LogP) is 3.02. The third kappa shape index (κ3) is 4.41. The zero-order chi connectivity index (χ0) is 18.8. The third-order valence-corrected chi connectivity index (χ3v) is 6.64. The van der Waals surface area contributed by atoms with Gasteiger partial charge in [-0.1, -0.05) is 17.7 Å². The number of anilines is 1. The van der Waals surface area contributed by atoms with Crippen LogP contribution < -0.4 is 5.32 Å². The number of hydrogen-bond donors (Lipinski definition) is 1. The second-order valence-corrected chi connectivity index (χ2v) is 8.68. The summed E-state index contributed by atoms with van der Waals surface area (Å²) in [5.74, 6) is 1.51. The minimum atomic E-state index is -0.165. The molecule has 27 heavy (non-hydrogen) atoms. The number of fused-ring (bicyclic) bond motifs is 1. The van der Waals surface area contributed by atoms with Crippen LogP contribution in [-0.4, -0.2) is 67.7 Å². The molecule has 1 N–H and O–H groups in total. The predicted molar refractivity (Wildman–Crippen MR) is 108 cm³/mol. The first-order chi connectivity index (χ1) is 13.1. The summed E-state index contributed by atoms with van der Waals surface area (Å²) in [6.07, 6.45) is 2.87. The molecule has 1 aromatic rings. The van der Waals surface area contributed by atoms with Gasteiger partial charge in [-0.15, -0.1) is 0 Å². The Morgan fingerprint density at radius 2 is 2.04 bits per heavy atom. The lowest BCUT2D eigenvalue weighted by Gasteiger charge is -2.23. The van der Waals surface area contributed by atoms with E-state index in [4.69, 9.17) is 16.3 Å². The second kappa shape index (κ2) is 8.38. The van der Waals surface area contributed by atoms with Crippen molar-refractivity contribution in [2.45, 2.75) is 32.3 Å². The molecule has 0 radical (unpaired) electrons. The van der Waals surface area contributed by atoms with Gasteiger partial charge in [-0.05, 0) is 62.3 Å². The summed E-state index contributed by atoms with van der Waals surface area (Å²) in [6.45, 7) is 8.90. The summed E-state index contributed by atoms with van der Waals surface area (Å²) < 4.78 is 5.57. The van der Waals surface area contributed by atoms with Crippen molar-refractivity contribution in [3.63, 3.8) is 0 Å². The van der Waals surface area contributed by atoms with Gasteiger partial charge in [-0.25, -0.2) is 0 Å². The van der Waals surface area contributed by atoms with E-state index < -0.39 is 0 Å². The van der Waals surface area contributed by atoms with Gasteiger partial charge in [-0.2, -0.15) is 0 Å².